The largest absolute Gasteiger partial charge is 0.347 e. The predicted molar refractivity (Wildman–Crippen MR) is 148 cm³/mol. The summed E-state index contributed by atoms with van der Waals surface area (Å²) < 4.78 is 3.75. The van der Waals surface area contributed by atoms with Crippen molar-refractivity contribution in [3.8, 4) is 0 Å². The zero-order valence-corrected chi connectivity index (χ0v) is 22.2. The number of hydrogen-bond donors (Lipinski definition) is 2. The van der Waals surface area contributed by atoms with Crippen LogP contribution in [0.25, 0.3) is 10.9 Å². The first-order valence-corrected chi connectivity index (χ1v) is 14.3. The average Bonchev–Trinajstić information content (AvgIpc) is 3.20. The summed E-state index contributed by atoms with van der Waals surface area (Å²) in [5, 5.41) is 8.78. The summed E-state index contributed by atoms with van der Waals surface area (Å²) in [5.74, 6) is 1.22. The van der Waals surface area contributed by atoms with E-state index in [0.29, 0.717) is 12.0 Å². The van der Waals surface area contributed by atoms with Crippen molar-refractivity contribution in [3.05, 3.63) is 69.8 Å². The number of halogens is 1. The summed E-state index contributed by atoms with van der Waals surface area (Å²) in [6, 6.07) is 16.7. The molecule has 1 unspecified atom stereocenters. The van der Waals surface area contributed by atoms with Crippen LogP contribution in [0.5, 0.6) is 0 Å². The van der Waals surface area contributed by atoms with Crippen molar-refractivity contribution in [1.82, 2.24) is 15.2 Å². The Labute approximate surface area is 213 Å². The van der Waals surface area contributed by atoms with Gasteiger partial charge >= 0.3 is 0 Å². The Balaban J connectivity index is 1.46. The molecule has 182 valence electrons. The van der Waals surface area contributed by atoms with Gasteiger partial charge in [-0.25, -0.2) is 0 Å². The summed E-state index contributed by atoms with van der Waals surface area (Å²) in [6.07, 6.45) is 13.1. The molecule has 1 atom stereocenters. The molecule has 1 aliphatic carbocycles. The summed E-state index contributed by atoms with van der Waals surface area (Å²) >= 11 is 3.77. The lowest BCUT2D eigenvalue weighted by Crippen LogP contribution is -2.40. The van der Waals surface area contributed by atoms with Crippen LogP contribution in [0.2, 0.25) is 0 Å². The summed E-state index contributed by atoms with van der Waals surface area (Å²) in [7, 11) is 0. The summed E-state index contributed by atoms with van der Waals surface area (Å²) in [6.45, 7) is 6.72. The van der Waals surface area contributed by atoms with Crippen molar-refractivity contribution in [3.63, 3.8) is 0 Å². The minimum absolute atomic E-state index is 0.401. The van der Waals surface area contributed by atoms with Crippen molar-refractivity contribution in [1.29, 1.82) is 0 Å². The molecule has 1 saturated heterocycles. The number of nitrogens with one attached hydrogen (secondary N) is 2. The number of rotatable bonds is 8. The molecule has 5 rings (SSSR count). The molecule has 1 saturated carbocycles. The van der Waals surface area contributed by atoms with Crippen LogP contribution in [-0.4, -0.2) is 30.2 Å². The number of benzene rings is 2. The van der Waals surface area contributed by atoms with Gasteiger partial charge in [0.2, 0.25) is 0 Å². The topological polar surface area (TPSA) is 29.0 Å². The van der Waals surface area contributed by atoms with Crippen LogP contribution in [0.15, 0.2) is 53.1 Å². The van der Waals surface area contributed by atoms with E-state index in [1.54, 1.807) is 0 Å². The molecule has 4 heteroatoms. The van der Waals surface area contributed by atoms with Crippen LogP contribution in [0, 0.1) is 12.8 Å². The van der Waals surface area contributed by atoms with Gasteiger partial charge in [-0.2, -0.15) is 0 Å². The maximum absolute atomic E-state index is 3.88. The number of aryl methyl sites for hydroxylation is 1. The van der Waals surface area contributed by atoms with E-state index >= 15 is 0 Å². The van der Waals surface area contributed by atoms with E-state index in [1.165, 1.54) is 77.0 Å². The van der Waals surface area contributed by atoms with Crippen molar-refractivity contribution >= 4 is 26.8 Å². The molecular formula is C30H40BrN3. The maximum Gasteiger partial charge on any atom is 0.0484 e. The molecule has 2 N–H and O–H groups in total. The third-order valence-electron chi connectivity index (χ3n) is 8.08. The van der Waals surface area contributed by atoms with Gasteiger partial charge in [-0.1, -0.05) is 65.0 Å². The van der Waals surface area contributed by atoms with E-state index in [4.69, 9.17) is 0 Å². The molecule has 2 fully saturated rings. The van der Waals surface area contributed by atoms with E-state index < -0.39 is 0 Å². The maximum atomic E-state index is 3.88. The van der Waals surface area contributed by atoms with Crippen molar-refractivity contribution in [2.75, 3.05) is 19.6 Å². The molecule has 0 radical (unpaired) electrons. The quantitative estimate of drug-likeness (QED) is 0.329. The molecule has 0 amide bonds. The van der Waals surface area contributed by atoms with Gasteiger partial charge in [0, 0.05) is 40.1 Å². The van der Waals surface area contributed by atoms with Crippen molar-refractivity contribution in [2.45, 2.75) is 76.8 Å². The first kappa shape index (κ1) is 24.1. The van der Waals surface area contributed by atoms with E-state index in [2.05, 4.69) is 86.7 Å². The number of fused-ring (bicyclic) bond motifs is 1. The Morgan fingerprint density at radius 1 is 1.03 bits per heavy atom. The molecule has 2 heterocycles. The predicted octanol–water partition coefficient (Wildman–Crippen LogP) is 7.16. The first-order chi connectivity index (χ1) is 16.7. The normalized spacial score (nSPS) is 19.0. The number of nitrogens with zero attached hydrogens (tertiary/aromatic N) is 1. The molecule has 3 aromatic rings. The fourth-order valence-corrected chi connectivity index (χ4v) is 6.58. The zero-order valence-electron chi connectivity index (χ0n) is 20.7. The average molecular weight is 523 g/mol. The van der Waals surface area contributed by atoms with Crippen LogP contribution in [0.4, 0.5) is 0 Å². The van der Waals surface area contributed by atoms with Crippen LogP contribution in [0.3, 0.4) is 0 Å². The summed E-state index contributed by atoms with van der Waals surface area (Å²) in [5.41, 5.74) is 5.68. The Kier molecular flexibility index (Phi) is 8.09. The van der Waals surface area contributed by atoms with E-state index in [1.807, 2.05) is 0 Å². The van der Waals surface area contributed by atoms with Gasteiger partial charge in [0.15, 0.2) is 0 Å². The van der Waals surface area contributed by atoms with Crippen LogP contribution < -0.4 is 10.6 Å². The van der Waals surface area contributed by atoms with E-state index in [9.17, 15) is 0 Å². The zero-order chi connectivity index (χ0) is 23.3. The minimum atomic E-state index is 0.401. The molecule has 34 heavy (non-hydrogen) atoms. The summed E-state index contributed by atoms with van der Waals surface area (Å²) in [4.78, 5) is 0. The molecule has 1 aromatic heterocycles. The minimum Gasteiger partial charge on any atom is -0.347 e. The van der Waals surface area contributed by atoms with Gasteiger partial charge in [0.1, 0.15) is 0 Å². The lowest BCUT2D eigenvalue weighted by molar-refractivity contribution is 0.322. The molecule has 2 aromatic carbocycles. The Hall–Kier alpha value is -1.62. The third-order valence-corrected chi connectivity index (χ3v) is 8.57. The lowest BCUT2D eigenvalue weighted by Gasteiger charge is -2.25. The SMILES string of the molecule is Cc1cccc(C(CCNC2CCNCC2)c2cn(CC3CCCCC3)c3ccc(Br)cc23)c1. The Morgan fingerprint density at radius 3 is 2.65 bits per heavy atom. The molecule has 2 aliphatic rings. The number of piperidine rings is 1. The molecule has 0 bridgehead atoms. The van der Waals surface area contributed by atoms with Crippen molar-refractivity contribution < 1.29 is 0 Å². The Morgan fingerprint density at radius 2 is 1.85 bits per heavy atom. The van der Waals surface area contributed by atoms with Crippen molar-refractivity contribution in [2.24, 2.45) is 5.92 Å². The van der Waals surface area contributed by atoms with E-state index in [-0.39, 0.29) is 0 Å². The smallest absolute Gasteiger partial charge is 0.0484 e. The molecule has 3 nitrogen and oxygen atoms in total. The van der Waals surface area contributed by atoms with Gasteiger partial charge < -0.3 is 15.2 Å². The number of aromatic nitrogens is 1. The standard InChI is InChI=1S/C30H40BrN3/c1-22-6-5-9-24(18-22)27(14-17-33-26-12-15-32-16-13-26)29-21-34(20-23-7-3-2-4-8-23)30-11-10-25(31)19-28(29)30/h5-6,9-11,18-19,21,23,26-27,32-33H,2-4,7-8,12-17,20H2,1H3. The monoisotopic (exact) mass is 521 g/mol. The fraction of sp³-hybridized carbons (Fsp3) is 0.533. The fourth-order valence-electron chi connectivity index (χ4n) is 6.22. The second kappa shape index (κ2) is 11.4. The lowest BCUT2D eigenvalue weighted by atomic mass is 9.87. The van der Waals surface area contributed by atoms with Gasteiger partial charge in [0.05, 0.1) is 0 Å². The Bertz CT molecular complexity index is 1080. The third kappa shape index (κ3) is 5.78. The van der Waals surface area contributed by atoms with Gasteiger partial charge in [-0.15, -0.1) is 0 Å². The van der Waals surface area contributed by atoms with Gasteiger partial charge in [-0.3, -0.25) is 0 Å². The van der Waals surface area contributed by atoms with Crippen LogP contribution in [0.1, 0.15) is 74.0 Å². The first-order valence-electron chi connectivity index (χ1n) is 13.5. The van der Waals surface area contributed by atoms with Gasteiger partial charge in [-0.05, 0) is 93.9 Å². The van der Waals surface area contributed by atoms with Crippen LogP contribution >= 0.6 is 15.9 Å². The number of hydrogen-bond acceptors (Lipinski definition) is 2. The second-order valence-corrected chi connectivity index (χ2v) is 11.6. The van der Waals surface area contributed by atoms with Crippen LogP contribution in [-0.2, 0) is 6.54 Å². The molecule has 0 spiro atoms. The second-order valence-electron chi connectivity index (χ2n) is 10.6. The highest BCUT2D eigenvalue weighted by Crippen LogP contribution is 2.37. The van der Waals surface area contributed by atoms with E-state index in [0.717, 1.165) is 38.5 Å². The molecule has 1 aliphatic heterocycles. The highest BCUT2D eigenvalue weighted by Gasteiger charge is 2.23. The molecular weight excluding hydrogens is 482 g/mol. The van der Waals surface area contributed by atoms with Gasteiger partial charge in [0.25, 0.3) is 0 Å². The highest BCUT2D eigenvalue weighted by molar-refractivity contribution is 9.10. The highest BCUT2D eigenvalue weighted by atomic mass is 79.9.